The molecule has 0 bridgehead atoms. The van der Waals surface area contributed by atoms with E-state index in [1.807, 2.05) is 19.1 Å². The summed E-state index contributed by atoms with van der Waals surface area (Å²) < 4.78 is 5.45. The zero-order valence-electron chi connectivity index (χ0n) is 8.69. The Bertz CT molecular complexity index is 323. The molecule has 1 N–H and O–H groups in total. The molecule has 3 atom stereocenters. The molecule has 0 spiro atoms. The summed E-state index contributed by atoms with van der Waals surface area (Å²) in [5.74, 6) is 0.209. The Hall–Kier alpha value is -0.570. The van der Waals surface area contributed by atoms with Crippen LogP contribution in [0.5, 0.6) is 0 Å². The maximum Gasteiger partial charge on any atom is 0.0841 e. The molecule has 3 unspecified atom stereocenters. The summed E-state index contributed by atoms with van der Waals surface area (Å²) in [6, 6.07) is 7.35. The molecule has 1 saturated heterocycles. The molecule has 2 rings (SSSR count). The van der Waals surface area contributed by atoms with Crippen LogP contribution in [-0.4, -0.2) is 17.8 Å². The van der Waals surface area contributed by atoms with Crippen LogP contribution < -0.4 is 0 Å². The van der Waals surface area contributed by atoms with Crippen molar-refractivity contribution in [2.75, 3.05) is 6.61 Å². The minimum atomic E-state index is -0.438. The van der Waals surface area contributed by atoms with E-state index in [0.29, 0.717) is 11.6 Å². The van der Waals surface area contributed by atoms with E-state index in [2.05, 4.69) is 0 Å². The molecule has 1 fully saturated rings. The second kappa shape index (κ2) is 4.52. The third kappa shape index (κ3) is 2.51. The van der Waals surface area contributed by atoms with Crippen molar-refractivity contribution in [3.05, 3.63) is 34.9 Å². The van der Waals surface area contributed by atoms with Crippen LogP contribution in [0.2, 0.25) is 5.02 Å². The van der Waals surface area contributed by atoms with Crippen molar-refractivity contribution < 1.29 is 9.84 Å². The first kappa shape index (κ1) is 10.9. The number of aliphatic hydroxyl groups excluding tert-OH is 1. The number of rotatable bonds is 2. The topological polar surface area (TPSA) is 29.5 Å². The highest BCUT2D eigenvalue weighted by atomic mass is 35.5. The van der Waals surface area contributed by atoms with Gasteiger partial charge in [-0.25, -0.2) is 0 Å². The Labute approximate surface area is 94.8 Å². The Morgan fingerprint density at radius 1 is 1.40 bits per heavy atom. The van der Waals surface area contributed by atoms with E-state index in [4.69, 9.17) is 16.3 Å². The summed E-state index contributed by atoms with van der Waals surface area (Å²) in [5.41, 5.74) is 0.919. The Morgan fingerprint density at radius 2 is 2.07 bits per heavy atom. The molecule has 0 amide bonds. The van der Waals surface area contributed by atoms with Gasteiger partial charge in [0.05, 0.1) is 18.8 Å². The van der Waals surface area contributed by atoms with Crippen molar-refractivity contribution in [3.8, 4) is 0 Å². The number of aliphatic hydroxyl groups is 1. The van der Waals surface area contributed by atoms with Crippen LogP contribution >= 0.6 is 11.6 Å². The average molecular weight is 227 g/mol. The van der Waals surface area contributed by atoms with E-state index < -0.39 is 6.10 Å². The minimum absolute atomic E-state index is 0.209. The summed E-state index contributed by atoms with van der Waals surface area (Å²) >= 11 is 5.79. The Morgan fingerprint density at radius 3 is 2.60 bits per heavy atom. The fourth-order valence-corrected chi connectivity index (χ4v) is 2.13. The molecule has 0 aromatic heterocycles. The van der Waals surface area contributed by atoms with Crippen molar-refractivity contribution in [2.45, 2.75) is 25.6 Å². The first-order valence-corrected chi connectivity index (χ1v) is 5.59. The van der Waals surface area contributed by atoms with Gasteiger partial charge in [0.15, 0.2) is 0 Å². The molecular weight excluding hydrogens is 212 g/mol. The predicted octanol–water partition coefficient (Wildman–Crippen LogP) is 2.80. The molecule has 0 saturated carbocycles. The van der Waals surface area contributed by atoms with Gasteiger partial charge in [-0.3, -0.25) is 0 Å². The number of hydrogen-bond donors (Lipinski definition) is 1. The summed E-state index contributed by atoms with van der Waals surface area (Å²) in [4.78, 5) is 0. The zero-order valence-corrected chi connectivity index (χ0v) is 9.45. The SMILES string of the molecule is CC1CC(C(O)c2ccc(Cl)cc2)CO1. The van der Waals surface area contributed by atoms with Gasteiger partial charge in [0.25, 0.3) is 0 Å². The molecule has 3 heteroatoms. The third-order valence-electron chi connectivity index (χ3n) is 2.89. The lowest BCUT2D eigenvalue weighted by atomic mass is 9.94. The van der Waals surface area contributed by atoms with Crippen LogP contribution in [0.3, 0.4) is 0 Å². The van der Waals surface area contributed by atoms with E-state index in [1.54, 1.807) is 12.1 Å². The smallest absolute Gasteiger partial charge is 0.0841 e. The van der Waals surface area contributed by atoms with Crippen LogP contribution in [0.15, 0.2) is 24.3 Å². The summed E-state index contributed by atoms with van der Waals surface area (Å²) in [6.45, 7) is 2.68. The van der Waals surface area contributed by atoms with Crippen LogP contribution in [0.1, 0.15) is 25.0 Å². The lowest BCUT2D eigenvalue weighted by molar-refractivity contribution is 0.0804. The van der Waals surface area contributed by atoms with Gasteiger partial charge in [-0.15, -0.1) is 0 Å². The molecule has 0 aliphatic carbocycles. The van der Waals surface area contributed by atoms with Gasteiger partial charge < -0.3 is 9.84 Å². The zero-order chi connectivity index (χ0) is 10.8. The van der Waals surface area contributed by atoms with E-state index in [0.717, 1.165) is 12.0 Å². The molecule has 1 aliphatic heterocycles. The summed E-state index contributed by atoms with van der Waals surface area (Å²) in [5, 5.41) is 10.8. The highest BCUT2D eigenvalue weighted by Gasteiger charge is 2.29. The highest BCUT2D eigenvalue weighted by molar-refractivity contribution is 6.30. The largest absolute Gasteiger partial charge is 0.388 e. The maximum atomic E-state index is 10.1. The molecule has 15 heavy (non-hydrogen) atoms. The van der Waals surface area contributed by atoms with Gasteiger partial charge in [-0.2, -0.15) is 0 Å². The number of ether oxygens (including phenoxy) is 1. The fourth-order valence-electron chi connectivity index (χ4n) is 2.00. The van der Waals surface area contributed by atoms with Crippen LogP contribution in [0.25, 0.3) is 0 Å². The van der Waals surface area contributed by atoms with Crippen molar-refractivity contribution >= 4 is 11.6 Å². The summed E-state index contributed by atoms with van der Waals surface area (Å²) in [7, 11) is 0. The lowest BCUT2D eigenvalue weighted by Gasteiger charge is -2.16. The molecule has 1 heterocycles. The second-order valence-corrected chi connectivity index (χ2v) is 4.57. The number of hydrogen-bond acceptors (Lipinski definition) is 2. The maximum absolute atomic E-state index is 10.1. The van der Waals surface area contributed by atoms with Gasteiger partial charge >= 0.3 is 0 Å². The van der Waals surface area contributed by atoms with Gasteiger partial charge in [-0.1, -0.05) is 23.7 Å². The molecule has 2 nitrogen and oxygen atoms in total. The highest BCUT2D eigenvalue weighted by Crippen LogP contribution is 2.31. The lowest BCUT2D eigenvalue weighted by Crippen LogP contribution is -2.12. The molecule has 1 aromatic rings. The molecule has 0 radical (unpaired) electrons. The van der Waals surface area contributed by atoms with E-state index >= 15 is 0 Å². The minimum Gasteiger partial charge on any atom is -0.388 e. The predicted molar refractivity (Wildman–Crippen MR) is 59.9 cm³/mol. The van der Waals surface area contributed by atoms with Crippen molar-refractivity contribution in [1.29, 1.82) is 0 Å². The quantitative estimate of drug-likeness (QED) is 0.841. The monoisotopic (exact) mass is 226 g/mol. The second-order valence-electron chi connectivity index (χ2n) is 4.14. The normalized spacial score (nSPS) is 27.9. The van der Waals surface area contributed by atoms with Gasteiger partial charge in [0, 0.05) is 10.9 Å². The van der Waals surface area contributed by atoms with Crippen LogP contribution in [0.4, 0.5) is 0 Å². The van der Waals surface area contributed by atoms with E-state index in [9.17, 15) is 5.11 Å². The van der Waals surface area contributed by atoms with Crippen molar-refractivity contribution in [1.82, 2.24) is 0 Å². The standard InChI is InChI=1S/C12H15ClO2/c1-8-6-10(7-15-8)12(14)9-2-4-11(13)5-3-9/h2-5,8,10,12,14H,6-7H2,1H3. The van der Waals surface area contributed by atoms with Crippen LogP contribution in [0, 0.1) is 5.92 Å². The average Bonchev–Trinajstić information content (AvgIpc) is 2.65. The van der Waals surface area contributed by atoms with E-state index in [1.165, 1.54) is 0 Å². The third-order valence-corrected chi connectivity index (χ3v) is 3.14. The van der Waals surface area contributed by atoms with Gasteiger partial charge in [-0.05, 0) is 31.0 Å². The number of benzene rings is 1. The van der Waals surface area contributed by atoms with Crippen molar-refractivity contribution in [3.63, 3.8) is 0 Å². The first-order chi connectivity index (χ1) is 7.16. The molecular formula is C12H15ClO2. The molecule has 82 valence electrons. The van der Waals surface area contributed by atoms with Gasteiger partial charge in [0.2, 0.25) is 0 Å². The van der Waals surface area contributed by atoms with Gasteiger partial charge in [0.1, 0.15) is 0 Å². The Kier molecular flexibility index (Phi) is 3.29. The van der Waals surface area contributed by atoms with E-state index in [-0.39, 0.29) is 12.0 Å². The molecule has 1 aliphatic rings. The Balaban J connectivity index is 2.07. The fraction of sp³-hybridized carbons (Fsp3) is 0.500. The van der Waals surface area contributed by atoms with Crippen molar-refractivity contribution in [2.24, 2.45) is 5.92 Å². The summed E-state index contributed by atoms with van der Waals surface area (Å²) in [6.07, 6.45) is 0.744. The molecule has 1 aromatic carbocycles. The number of halogens is 1. The first-order valence-electron chi connectivity index (χ1n) is 5.22. The van der Waals surface area contributed by atoms with Crippen LogP contribution in [-0.2, 0) is 4.74 Å².